The van der Waals surface area contributed by atoms with Crippen LogP contribution in [0, 0.1) is 0 Å². The van der Waals surface area contributed by atoms with Gasteiger partial charge in [-0.2, -0.15) is 0 Å². The first-order valence-corrected chi connectivity index (χ1v) is 11.8. The van der Waals surface area contributed by atoms with E-state index in [1.54, 1.807) is 22.3 Å². The van der Waals surface area contributed by atoms with E-state index in [0.717, 1.165) is 39.3 Å². The molecule has 0 unspecified atom stereocenters. The molecule has 0 saturated carbocycles. The van der Waals surface area contributed by atoms with Crippen LogP contribution >= 0.6 is 11.3 Å². The van der Waals surface area contributed by atoms with Crippen LogP contribution in [0.2, 0.25) is 0 Å². The summed E-state index contributed by atoms with van der Waals surface area (Å²) in [6, 6.07) is 10.1. The van der Waals surface area contributed by atoms with Crippen LogP contribution in [0.4, 0.5) is 0 Å². The van der Waals surface area contributed by atoms with Crippen LogP contribution in [0.25, 0.3) is 10.2 Å². The van der Waals surface area contributed by atoms with Crippen molar-refractivity contribution in [2.45, 2.75) is 33.7 Å². The van der Waals surface area contributed by atoms with E-state index in [-0.39, 0.29) is 5.91 Å². The number of likely N-dealkylation sites (N-methyl/N-ethyl adjacent to an activating group) is 1. The summed E-state index contributed by atoms with van der Waals surface area (Å²) in [7, 11) is 1.86. The van der Waals surface area contributed by atoms with Crippen molar-refractivity contribution in [3.63, 3.8) is 0 Å². The molecule has 6 heteroatoms. The number of thiophene rings is 1. The Morgan fingerprint density at radius 3 is 2.62 bits per heavy atom. The molecule has 0 atom stereocenters. The van der Waals surface area contributed by atoms with Gasteiger partial charge in [0.1, 0.15) is 5.69 Å². The van der Waals surface area contributed by atoms with Crippen molar-refractivity contribution in [3.8, 4) is 11.5 Å². The summed E-state index contributed by atoms with van der Waals surface area (Å²) in [6.07, 6.45) is 4.50. The Labute approximate surface area is 194 Å². The van der Waals surface area contributed by atoms with E-state index in [2.05, 4.69) is 29.5 Å². The van der Waals surface area contributed by atoms with Gasteiger partial charge in [0.15, 0.2) is 11.5 Å². The minimum absolute atomic E-state index is 0.0239. The Morgan fingerprint density at radius 1 is 1.16 bits per heavy atom. The minimum atomic E-state index is 0.0239. The van der Waals surface area contributed by atoms with Gasteiger partial charge in [-0.25, -0.2) is 0 Å². The van der Waals surface area contributed by atoms with Gasteiger partial charge in [0, 0.05) is 20.1 Å². The third-order valence-corrected chi connectivity index (χ3v) is 6.10. The van der Waals surface area contributed by atoms with Crippen LogP contribution in [-0.4, -0.2) is 42.2 Å². The van der Waals surface area contributed by atoms with Gasteiger partial charge in [-0.05, 0) is 62.4 Å². The highest BCUT2D eigenvalue weighted by Gasteiger charge is 2.20. The first-order chi connectivity index (χ1) is 15.5. The van der Waals surface area contributed by atoms with Crippen LogP contribution < -0.4 is 9.47 Å². The summed E-state index contributed by atoms with van der Waals surface area (Å²) >= 11 is 1.66. The van der Waals surface area contributed by atoms with Gasteiger partial charge in [-0.15, -0.1) is 11.3 Å². The number of ether oxygens (including phenoxy) is 2. The SMILES string of the molecule is C=CC=C(C)Cn1c(C(=O)N(C)CCc2ccc(OCC)c(OCC)c2)cc2sccc21. The molecule has 0 aliphatic heterocycles. The van der Waals surface area contributed by atoms with Crippen LogP contribution in [0.3, 0.4) is 0 Å². The number of aromatic nitrogens is 1. The van der Waals surface area contributed by atoms with Gasteiger partial charge in [0.2, 0.25) is 0 Å². The zero-order valence-electron chi connectivity index (χ0n) is 19.4. The predicted molar refractivity (Wildman–Crippen MR) is 133 cm³/mol. The number of hydrogen-bond donors (Lipinski definition) is 0. The predicted octanol–water partition coefficient (Wildman–Crippen LogP) is 5.95. The minimum Gasteiger partial charge on any atom is -0.490 e. The topological polar surface area (TPSA) is 43.7 Å². The molecule has 1 amide bonds. The molecule has 170 valence electrons. The Morgan fingerprint density at radius 2 is 1.91 bits per heavy atom. The Bertz CT molecular complexity index is 1110. The Hall–Kier alpha value is -2.99. The Balaban J connectivity index is 1.76. The normalized spacial score (nSPS) is 11.6. The average Bonchev–Trinajstić information content (AvgIpc) is 3.36. The number of nitrogens with zero attached hydrogens (tertiary/aromatic N) is 2. The zero-order valence-corrected chi connectivity index (χ0v) is 20.2. The zero-order chi connectivity index (χ0) is 23.1. The molecule has 1 aromatic carbocycles. The summed E-state index contributed by atoms with van der Waals surface area (Å²) in [4.78, 5) is 15.1. The van der Waals surface area contributed by atoms with E-state index in [1.807, 2.05) is 51.2 Å². The highest BCUT2D eigenvalue weighted by Crippen LogP contribution is 2.29. The second-order valence-electron chi connectivity index (χ2n) is 7.66. The molecule has 0 aliphatic carbocycles. The largest absolute Gasteiger partial charge is 0.490 e. The molecule has 0 spiro atoms. The molecule has 2 heterocycles. The van der Waals surface area contributed by atoms with Gasteiger partial charge in [-0.3, -0.25) is 4.79 Å². The molecule has 3 rings (SSSR count). The van der Waals surface area contributed by atoms with Gasteiger partial charge >= 0.3 is 0 Å². The quantitative estimate of drug-likeness (QED) is 0.338. The summed E-state index contributed by atoms with van der Waals surface area (Å²) in [5, 5.41) is 2.06. The molecule has 0 bridgehead atoms. The Kier molecular flexibility index (Phi) is 8.17. The fraction of sp³-hybridized carbons (Fsp3) is 0.346. The first kappa shape index (κ1) is 23.7. The number of amides is 1. The molecule has 0 saturated heterocycles. The summed E-state index contributed by atoms with van der Waals surface area (Å²) in [5.74, 6) is 1.53. The fourth-order valence-corrected chi connectivity index (χ4v) is 4.50. The maximum absolute atomic E-state index is 13.3. The maximum Gasteiger partial charge on any atom is 0.270 e. The third kappa shape index (κ3) is 5.43. The molecule has 0 aliphatic rings. The van der Waals surface area contributed by atoms with E-state index in [0.29, 0.717) is 32.0 Å². The van der Waals surface area contributed by atoms with Crippen molar-refractivity contribution in [2.75, 3.05) is 26.8 Å². The highest BCUT2D eigenvalue weighted by molar-refractivity contribution is 7.17. The standard InChI is InChI=1S/C26H32N2O3S/c1-6-9-19(4)18-28-21-13-15-32-25(21)17-22(28)26(29)27(5)14-12-20-10-11-23(30-7-2)24(16-20)31-8-3/h6,9-11,13,15-17H,1,7-8,12,14,18H2,2-5H3. The lowest BCUT2D eigenvalue weighted by atomic mass is 10.1. The second kappa shape index (κ2) is 11.0. The molecule has 3 aromatic rings. The van der Waals surface area contributed by atoms with Crippen molar-refractivity contribution >= 4 is 27.5 Å². The maximum atomic E-state index is 13.3. The lowest BCUT2D eigenvalue weighted by molar-refractivity contribution is 0.0787. The van der Waals surface area contributed by atoms with Gasteiger partial charge in [0.25, 0.3) is 5.91 Å². The van der Waals surface area contributed by atoms with Crippen LogP contribution in [0.1, 0.15) is 36.8 Å². The smallest absolute Gasteiger partial charge is 0.270 e. The number of benzene rings is 1. The molecular formula is C26H32N2O3S. The average molecular weight is 453 g/mol. The highest BCUT2D eigenvalue weighted by atomic mass is 32.1. The fourth-order valence-electron chi connectivity index (χ4n) is 3.67. The molecular weight excluding hydrogens is 420 g/mol. The van der Waals surface area contributed by atoms with E-state index in [1.165, 1.54) is 0 Å². The van der Waals surface area contributed by atoms with Crippen molar-refractivity contribution in [2.24, 2.45) is 0 Å². The van der Waals surface area contributed by atoms with Crippen molar-refractivity contribution in [3.05, 3.63) is 71.3 Å². The van der Waals surface area contributed by atoms with Crippen molar-refractivity contribution in [1.29, 1.82) is 0 Å². The number of allylic oxidation sites excluding steroid dienone is 3. The van der Waals surface area contributed by atoms with Crippen molar-refractivity contribution in [1.82, 2.24) is 9.47 Å². The third-order valence-electron chi connectivity index (χ3n) is 5.24. The van der Waals surface area contributed by atoms with Gasteiger partial charge < -0.3 is 18.9 Å². The van der Waals surface area contributed by atoms with E-state index >= 15 is 0 Å². The molecule has 0 N–H and O–H groups in total. The number of fused-ring (bicyclic) bond motifs is 1. The molecule has 0 radical (unpaired) electrons. The second-order valence-corrected chi connectivity index (χ2v) is 8.61. The summed E-state index contributed by atoms with van der Waals surface area (Å²) < 4.78 is 14.6. The van der Waals surface area contributed by atoms with E-state index < -0.39 is 0 Å². The van der Waals surface area contributed by atoms with Crippen LogP contribution in [0.5, 0.6) is 11.5 Å². The monoisotopic (exact) mass is 452 g/mol. The number of carbonyl (C=O) groups is 1. The molecule has 0 fully saturated rings. The lowest BCUT2D eigenvalue weighted by Gasteiger charge is -2.19. The van der Waals surface area contributed by atoms with Gasteiger partial charge in [-0.1, -0.05) is 30.4 Å². The van der Waals surface area contributed by atoms with E-state index in [4.69, 9.17) is 9.47 Å². The number of hydrogen-bond acceptors (Lipinski definition) is 4. The summed E-state index contributed by atoms with van der Waals surface area (Å²) in [5.41, 5.74) is 4.07. The van der Waals surface area contributed by atoms with Crippen LogP contribution in [-0.2, 0) is 13.0 Å². The number of rotatable bonds is 11. The van der Waals surface area contributed by atoms with E-state index in [9.17, 15) is 4.79 Å². The molecule has 2 aromatic heterocycles. The van der Waals surface area contributed by atoms with Gasteiger partial charge in [0.05, 0.1) is 23.4 Å². The molecule has 32 heavy (non-hydrogen) atoms. The van der Waals surface area contributed by atoms with Crippen molar-refractivity contribution < 1.29 is 14.3 Å². The summed E-state index contributed by atoms with van der Waals surface area (Å²) in [6.45, 7) is 12.2. The first-order valence-electron chi connectivity index (χ1n) is 11.0. The number of carbonyl (C=O) groups excluding carboxylic acids is 1. The van der Waals surface area contributed by atoms with Crippen LogP contribution in [0.15, 0.2) is 60.0 Å². The molecule has 5 nitrogen and oxygen atoms in total. The lowest BCUT2D eigenvalue weighted by Crippen LogP contribution is -2.30.